The number of amides is 1. The highest BCUT2D eigenvalue weighted by atomic mass is 16.2. The van der Waals surface area contributed by atoms with Gasteiger partial charge < -0.3 is 10.2 Å². The maximum absolute atomic E-state index is 11.5. The van der Waals surface area contributed by atoms with E-state index in [1.54, 1.807) is 6.92 Å². The van der Waals surface area contributed by atoms with Crippen LogP contribution in [0.4, 0.5) is 0 Å². The Labute approximate surface area is 79.5 Å². The molecule has 13 heavy (non-hydrogen) atoms. The lowest BCUT2D eigenvalue weighted by Crippen LogP contribution is -2.40. The lowest BCUT2D eigenvalue weighted by Gasteiger charge is -2.24. The molecule has 0 saturated carbocycles. The molecule has 1 heterocycles. The van der Waals surface area contributed by atoms with Crippen LogP contribution in [-0.4, -0.2) is 36.5 Å². The molecule has 1 unspecified atom stereocenters. The van der Waals surface area contributed by atoms with Crippen LogP contribution >= 0.6 is 0 Å². The Morgan fingerprint density at radius 3 is 2.92 bits per heavy atom. The number of rotatable bonds is 2. The SMILES string of the molecule is CC#CC(=O)N(CC)C1CCNC1. The van der Waals surface area contributed by atoms with Gasteiger partial charge in [-0.15, -0.1) is 0 Å². The van der Waals surface area contributed by atoms with Crippen LogP contribution in [0.15, 0.2) is 0 Å². The Bertz CT molecular complexity index is 233. The van der Waals surface area contributed by atoms with Crippen molar-refractivity contribution in [1.82, 2.24) is 10.2 Å². The van der Waals surface area contributed by atoms with Crippen LogP contribution in [0.1, 0.15) is 20.3 Å². The van der Waals surface area contributed by atoms with Crippen LogP contribution in [0.25, 0.3) is 0 Å². The second-order valence-corrected chi connectivity index (χ2v) is 3.11. The molecule has 72 valence electrons. The van der Waals surface area contributed by atoms with Gasteiger partial charge in [-0.05, 0) is 32.7 Å². The quantitative estimate of drug-likeness (QED) is 0.617. The number of hydrogen-bond donors (Lipinski definition) is 1. The molecule has 0 aromatic rings. The summed E-state index contributed by atoms with van der Waals surface area (Å²) in [4.78, 5) is 13.3. The predicted octanol–water partition coefficient (Wildman–Crippen LogP) is 0.220. The first-order valence-electron chi connectivity index (χ1n) is 4.73. The van der Waals surface area contributed by atoms with E-state index in [0.29, 0.717) is 6.04 Å². The van der Waals surface area contributed by atoms with Crippen LogP contribution < -0.4 is 5.32 Å². The first-order chi connectivity index (χ1) is 6.29. The fourth-order valence-corrected chi connectivity index (χ4v) is 1.65. The van der Waals surface area contributed by atoms with Gasteiger partial charge >= 0.3 is 0 Å². The first kappa shape index (κ1) is 10.1. The van der Waals surface area contributed by atoms with Crippen LogP contribution in [0.3, 0.4) is 0 Å². The molecule has 1 aliphatic rings. The van der Waals surface area contributed by atoms with Gasteiger partial charge in [-0.1, -0.05) is 5.92 Å². The van der Waals surface area contributed by atoms with Crippen molar-refractivity contribution in [1.29, 1.82) is 0 Å². The smallest absolute Gasteiger partial charge is 0.298 e. The zero-order valence-corrected chi connectivity index (χ0v) is 8.26. The highest BCUT2D eigenvalue weighted by molar-refractivity contribution is 5.93. The molecular weight excluding hydrogens is 164 g/mol. The number of nitrogens with zero attached hydrogens (tertiary/aromatic N) is 1. The second kappa shape index (κ2) is 4.88. The molecular formula is C10H16N2O. The highest BCUT2D eigenvalue weighted by Gasteiger charge is 2.23. The van der Waals surface area contributed by atoms with Gasteiger partial charge in [-0.25, -0.2) is 0 Å². The van der Waals surface area contributed by atoms with Crippen molar-refractivity contribution >= 4 is 5.91 Å². The summed E-state index contributed by atoms with van der Waals surface area (Å²) >= 11 is 0. The van der Waals surface area contributed by atoms with Crippen molar-refractivity contribution in [3.63, 3.8) is 0 Å². The summed E-state index contributed by atoms with van der Waals surface area (Å²) in [6.45, 7) is 6.35. The lowest BCUT2D eigenvalue weighted by molar-refractivity contribution is -0.126. The molecule has 3 heteroatoms. The molecule has 1 rings (SSSR count). The summed E-state index contributed by atoms with van der Waals surface area (Å²) in [6.07, 6.45) is 1.05. The minimum atomic E-state index is -0.0429. The van der Waals surface area contributed by atoms with E-state index >= 15 is 0 Å². The second-order valence-electron chi connectivity index (χ2n) is 3.11. The molecule has 0 spiro atoms. The average Bonchev–Trinajstić information content (AvgIpc) is 2.59. The van der Waals surface area contributed by atoms with Gasteiger partial charge in [0.15, 0.2) is 0 Å². The normalized spacial score (nSPS) is 20.6. The van der Waals surface area contributed by atoms with E-state index in [1.165, 1.54) is 0 Å². The van der Waals surface area contributed by atoms with Crippen molar-refractivity contribution in [2.45, 2.75) is 26.3 Å². The van der Waals surface area contributed by atoms with E-state index in [2.05, 4.69) is 17.2 Å². The van der Waals surface area contributed by atoms with Gasteiger partial charge in [0.2, 0.25) is 0 Å². The third-order valence-corrected chi connectivity index (χ3v) is 2.31. The van der Waals surface area contributed by atoms with Gasteiger partial charge in [0, 0.05) is 19.1 Å². The number of carbonyl (C=O) groups is 1. The monoisotopic (exact) mass is 180 g/mol. The molecule has 1 N–H and O–H groups in total. The van der Waals surface area contributed by atoms with Crippen molar-refractivity contribution in [2.75, 3.05) is 19.6 Å². The molecule has 0 aromatic heterocycles. The molecule has 1 fully saturated rings. The fraction of sp³-hybridized carbons (Fsp3) is 0.700. The molecule has 0 radical (unpaired) electrons. The van der Waals surface area contributed by atoms with Gasteiger partial charge in [0.05, 0.1) is 0 Å². The Morgan fingerprint density at radius 1 is 1.69 bits per heavy atom. The van der Waals surface area contributed by atoms with E-state index < -0.39 is 0 Å². The molecule has 1 amide bonds. The van der Waals surface area contributed by atoms with Gasteiger partial charge in [0.1, 0.15) is 0 Å². The number of carbonyl (C=O) groups excluding carboxylic acids is 1. The third kappa shape index (κ3) is 2.46. The Kier molecular flexibility index (Phi) is 3.78. The van der Waals surface area contributed by atoms with Gasteiger partial charge in [0.25, 0.3) is 5.91 Å². The first-order valence-corrected chi connectivity index (χ1v) is 4.73. The van der Waals surface area contributed by atoms with Crippen molar-refractivity contribution in [2.24, 2.45) is 0 Å². The molecule has 1 atom stereocenters. The largest absolute Gasteiger partial charge is 0.328 e. The number of nitrogens with one attached hydrogen (secondary N) is 1. The van der Waals surface area contributed by atoms with E-state index in [-0.39, 0.29) is 5.91 Å². The molecule has 0 aromatic carbocycles. The molecule has 0 aliphatic carbocycles. The predicted molar refractivity (Wildman–Crippen MR) is 52.1 cm³/mol. The summed E-state index contributed by atoms with van der Waals surface area (Å²) in [7, 11) is 0. The van der Waals surface area contributed by atoms with Crippen LogP contribution in [-0.2, 0) is 4.79 Å². The van der Waals surface area contributed by atoms with Crippen LogP contribution in [0.5, 0.6) is 0 Å². The molecule has 1 aliphatic heterocycles. The number of likely N-dealkylation sites (N-methyl/N-ethyl adjacent to an activating group) is 1. The van der Waals surface area contributed by atoms with E-state index in [0.717, 1.165) is 26.1 Å². The van der Waals surface area contributed by atoms with E-state index in [4.69, 9.17) is 0 Å². The maximum atomic E-state index is 11.5. The zero-order chi connectivity index (χ0) is 9.68. The Balaban J connectivity index is 2.58. The Hall–Kier alpha value is -1.01. The van der Waals surface area contributed by atoms with Crippen molar-refractivity contribution in [3.05, 3.63) is 0 Å². The topological polar surface area (TPSA) is 32.3 Å². The summed E-state index contributed by atoms with van der Waals surface area (Å²) in [5.74, 6) is 5.18. The Morgan fingerprint density at radius 2 is 2.46 bits per heavy atom. The third-order valence-electron chi connectivity index (χ3n) is 2.31. The molecule has 3 nitrogen and oxygen atoms in total. The van der Waals surface area contributed by atoms with E-state index in [9.17, 15) is 4.79 Å². The molecule has 0 bridgehead atoms. The minimum absolute atomic E-state index is 0.0429. The van der Waals surface area contributed by atoms with Gasteiger partial charge in [-0.3, -0.25) is 4.79 Å². The molecule has 1 saturated heterocycles. The average molecular weight is 180 g/mol. The summed E-state index contributed by atoms with van der Waals surface area (Å²) < 4.78 is 0. The summed E-state index contributed by atoms with van der Waals surface area (Å²) in [5, 5.41) is 3.24. The number of hydrogen-bond acceptors (Lipinski definition) is 2. The van der Waals surface area contributed by atoms with Crippen molar-refractivity contribution < 1.29 is 4.79 Å². The standard InChI is InChI=1S/C10H16N2O/c1-3-5-10(13)12(4-2)9-6-7-11-8-9/h9,11H,4,6-8H2,1-2H3. The van der Waals surface area contributed by atoms with Gasteiger partial charge in [-0.2, -0.15) is 0 Å². The summed E-state index contributed by atoms with van der Waals surface area (Å²) in [5.41, 5.74) is 0. The highest BCUT2D eigenvalue weighted by Crippen LogP contribution is 2.07. The maximum Gasteiger partial charge on any atom is 0.298 e. The zero-order valence-electron chi connectivity index (χ0n) is 8.26. The van der Waals surface area contributed by atoms with Crippen molar-refractivity contribution in [3.8, 4) is 11.8 Å². The summed E-state index contributed by atoms with van der Waals surface area (Å²) in [6, 6.07) is 0.346. The lowest BCUT2D eigenvalue weighted by atomic mass is 10.2. The fourth-order valence-electron chi connectivity index (χ4n) is 1.65. The van der Waals surface area contributed by atoms with Crippen LogP contribution in [0, 0.1) is 11.8 Å². The van der Waals surface area contributed by atoms with Crippen LogP contribution in [0.2, 0.25) is 0 Å². The minimum Gasteiger partial charge on any atom is -0.328 e. The van der Waals surface area contributed by atoms with E-state index in [1.807, 2.05) is 11.8 Å².